The number of carbonyl (C=O) groups excluding carboxylic acids is 2. The highest BCUT2D eigenvalue weighted by Gasteiger charge is 2.21. The fourth-order valence-corrected chi connectivity index (χ4v) is 1.59. The Balaban J connectivity index is 2.84. The van der Waals surface area contributed by atoms with Gasteiger partial charge in [0.15, 0.2) is 0 Å². The normalized spacial score (nSPS) is 11.9. The van der Waals surface area contributed by atoms with Gasteiger partial charge >= 0.3 is 5.97 Å². The Hall–Kier alpha value is -1.71. The Morgan fingerprint density at radius 1 is 1.41 bits per heavy atom. The van der Waals surface area contributed by atoms with Crippen molar-refractivity contribution in [3.8, 4) is 0 Å². The van der Waals surface area contributed by atoms with E-state index in [1.54, 1.807) is 19.1 Å². The molecule has 0 aromatic heterocycles. The number of esters is 1. The molecule has 0 aliphatic heterocycles. The lowest BCUT2D eigenvalue weighted by molar-refractivity contribution is -0.145. The minimum atomic E-state index is -0.499. The highest BCUT2D eigenvalue weighted by molar-refractivity contribution is 5.78. The molecule has 1 unspecified atom stereocenters. The van der Waals surface area contributed by atoms with E-state index >= 15 is 0 Å². The molecule has 0 fully saturated rings. The monoisotopic (exact) mass is 238 g/mol. The first kappa shape index (κ1) is 13.4. The highest BCUT2D eigenvalue weighted by Crippen LogP contribution is 2.22. The Morgan fingerprint density at radius 2 is 2.06 bits per heavy atom. The molecular weight excluding hydrogens is 223 g/mol. The van der Waals surface area contributed by atoms with Gasteiger partial charge in [-0.3, -0.25) is 4.79 Å². The van der Waals surface area contributed by atoms with E-state index in [4.69, 9.17) is 4.74 Å². The summed E-state index contributed by atoms with van der Waals surface area (Å²) in [4.78, 5) is 22.1. The van der Waals surface area contributed by atoms with E-state index in [2.05, 4.69) is 0 Å². The van der Waals surface area contributed by atoms with Gasteiger partial charge in [0.2, 0.25) is 0 Å². The molecule has 0 spiro atoms. The van der Waals surface area contributed by atoms with Gasteiger partial charge in [0, 0.05) is 6.42 Å². The maximum absolute atomic E-state index is 12.8. The van der Waals surface area contributed by atoms with E-state index in [-0.39, 0.29) is 24.8 Å². The van der Waals surface area contributed by atoms with E-state index in [1.807, 2.05) is 0 Å². The standard InChI is InChI=1S/C13H15FO3/c1-2-17-13(16)12(4-3-9-15)10-5-7-11(14)8-6-10/h5-9,12H,2-4H2,1H3. The van der Waals surface area contributed by atoms with Gasteiger partial charge in [-0.15, -0.1) is 0 Å². The molecule has 0 radical (unpaired) electrons. The molecule has 3 nitrogen and oxygen atoms in total. The van der Waals surface area contributed by atoms with Crippen molar-refractivity contribution in [2.75, 3.05) is 6.61 Å². The van der Waals surface area contributed by atoms with Crippen molar-refractivity contribution < 1.29 is 18.7 Å². The van der Waals surface area contributed by atoms with Crippen molar-refractivity contribution in [1.29, 1.82) is 0 Å². The summed E-state index contributed by atoms with van der Waals surface area (Å²) in [6, 6.07) is 5.67. The lowest BCUT2D eigenvalue weighted by Gasteiger charge is -2.14. The first-order chi connectivity index (χ1) is 8.19. The van der Waals surface area contributed by atoms with Crippen molar-refractivity contribution in [2.45, 2.75) is 25.7 Å². The number of hydrogen-bond donors (Lipinski definition) is 0. The van der Waals surface area contributed by atoms with Crippen LogP contribution in [0, 0.1) is 5.82 Å². The first-order valence-electron chi connectivity index (χ1n) is 5.54. The van der Waals surface area contributed by atoms with Crippen LogP contribution in [0.4, 0.5) is 4.39 Å². The summed E-state index contributed by atoms with van der Waals surface area (Å²) < 4.78 is 17.7. The molecule has 92 valence electrons. The fraction of sp³-hybridized carbons (Fsp3) is 0.385. The summed E-state index contributed by atoms with van der Waals surface area (Å²) in [5.74, 6) is -1.23. The summed E-state index contributed by atoms with van der Waals surface area (Å²) >= 11 is 0. The molecule has 1 rings (SSSR count). The van der Waals surface area contributed by atoms with Crippen LogP contribution in [0.15, 0.2) is 24.3 Å². The number of halogens is 1. The molecular formula is C13H15FO3. The third-order valence-electron chi connectivity index (χ3n) is 2.42. The summed E-state index contributed by atoms with van der Waals surface area (Å²) in [5, 5.41) is 0. The van der Waals surface area contributed by atoms with Gasteiger partial charge in [-0.25, -0.2) is 4.39 Å². The van der Waals surface area contributed by atoms with Crippen molar-refractivity contribution in [3.63, 3.8) is 0 Å². The van der Waals surface area contributed by atoms with Crippen LogP contribution in [0.1, 0.15) is 31.2 Å². The molecule has 17 heavy (non-hydrogen) atoms. The largest absolute Gasteiger partial charge is 0.466 e. The lowest BCUT2D eigenvalue weighted by Crippen LogP contribution is -2.16. The van der Waals surface area contributed by atoms with Crippen LogP contribution in [-0.4, -0.2) is 18.9 Å². The van der Waals surface area contributed by atoms with Crippen molar-refractivity contribution in [1.82, 2.24) is 0 Å². The van der Waals surface area contributed by atoms with E-state index < -0.39 is 5.92 Å². The SMILES string of the molecule is CCOC(=O)C(CCC=O)c1ccc(F)cc1. The van der Waals surface area contributed by atoms with Crippen LogP contribution in [0.3, 0.4) is 0 Å². The van der Waals surface area contributed by atoms with Crippen LogP contribution in [0.2, 0.25) is 0 Å². The average molecular weight is 238 g/mol. The molecule has 0 aliphatic carbocycles. The molecule has 0 saturated heterocycles. The molecule has 1 atom stereocenters. The molecule has 0 bridgehead atoms. The molecule has 0 saturated carbocycles. The zero-order chi connectivity index (χ0) is 12.7. The summed E-state index contributed by atoms with van der Waals surface area (Å²) in [7, 11) is 0. The van der Waals surface area contributed by atoms with Crippen LogP contribution in [0.5, 0.6) is 0 Å². The molecule has 1 aromatic rings. The van der Waals surface area contributed by atoms with Gasteiger partial charge in [-0.1, -0.05) is 12.1 Å². The smallest absolute Gasteiger partial charge is 0.313 e. The number of benzene rings is 1. The second-order valence-corrected chi connectivity index (χ2v) is 3.60. The Kier molecular flexibility index (Phi) is 5.33. The average Bonchev–Trinajstić information content (AvgIpc) is 2.32. The maximum Gasteiger partial charge on any atom is 0.313 e. The maximum atomic E-state index is 12.8. The van der Waals surface area contributed by atoms with Gasteiger partial charge in [-0.05, 0) is 31.0 Å². The van der Waals surface area contributed by atoms with Gasteiger partial charge in [0.05, 0.1) is 12.5 Å². The zero-order valence-electron chi connectivity index (χ0n) is 9.69. The number of rotatable bonds is 6. The van der Waals surface area contributed by atoms with E-state index in [0.717, 1.165) is 6.29 Å². The molecule has 4 heteroatoms. The van der Waals surface area contributed by atoms with Crippen LogP contribution < -0.4 is 0 Å². The molecule has 0 aliphatic rings. The van der Waals surface area contributed by atoms with Crippen LogP contribution in [0.25, 0.3) is 0 Å². The number of aldehydes is 1. The lowest BCUT2D eigenvalue weighted by atomic mass is 9.94. The number of hydrogen-bond acceptors (Lipinski definition) is 3. The number of ether oxygens (including phenoxy) is 1. The predicted octanol–water partition coefficient (Wildman–Crippen LogP) is 2.45. The van der Waals surface area contributed by atoms with Gasteiger partial charge in [0.25, 0.3) is 0 Å². The van der Waals surface area contributed by atoms with Gasteiger partial charge in [-0.2, -0.15) is 0 Å². The second-order valence-electron chi connectivity index (χ2n) is 3.60. The van der Waals surface area contributed by atoms with Gasteiger partial charge in [0.1, 0.15) is 12.1 Å². The quantitative estimate of drug-likeness (QED) is 0.564. The van der Waals surface area contributed by atoms with Crippen LogP contribution >= 0.6 is 0 Å². The van der Waals surface area contributed by atoms with Gasteiger partial charge < -0.3 is 9.53 Å². The number of carbonyl (C=O) groups is 2. The fourth-order valence-electron chi connectivity index (χ4n) is 1.59. The zero-order valence-corrected chi connectivity index (χ0v) is 9.69. The van der Waals surface area contributed by atoms with Crippen LogP contribution in [-0.2, 0) is 14.3 Å². The predicted molar refractivity (Wildman–Crippen MR) is 61.1 cm³/mol. The Bertz CT molecular complexity index is 373. The highest BCUT2D eigenvalue weighted by atomic mass is 19.1. The minimum Gasteiger partial charge on any atom is -0.466 e. The minimum absolute atomic E-state index is 0.279. The van der Waals surface area contributed by atoms with E-state index in [1.165, 1.54) is 12.1 Å². The second kappa shape index (κ2) is 6.78. The third kappa shape index (κ3) is 3.98. The Labute approximate surface area is 99.6 Å². The summed E-state index contributed by atoms with van der Waals surface area (Å²) in [5.41, 5.74) is 0.673. The summed E-state index contributed by atoms with van der Waals surface area (Å²) in [6.45, 7) is 2.01. The topological polar surface area (TPSA) is 43.4 Å². The summed E-state index contributed by atoms with van der Waals surface area (Å²) in [6.07, 6.45) is 1.42. The van der Waals surface area contributed by atoms with Crippen molar-refractivity contribution in [2.24, 2.45) is 0 Å². The van der Waals surface area contributed by atoms with Crippen molar-refractivity contribution >= 4 is 12.3 Å². The van der Waals surface area contributed by atoms with E-state index in [0.29, 0.717) is 12.0 Å². The third-order valence-corrected chi connectivity index (χ3v) is 2.42. The van der Waals surface area contributed by atoms with E-state index in [9.17, 15) is 14.0 Å². The molecule has 0 N–H and O–H groups in total. The molecule has 1 aromatic carbocycles. The van der Waals surface area contributed by atoms with Crippen molar-refractivity contribution in [3.05, 3.63) is 35.6 Å². The molecule has 0 heterocycles. The first-order valence-corrected chi connectivity index (χ1v) is 5.54. The Morgan fingerprint density at radius 3 is 2.59 bits per heavy atom. The molecule has 0 amide bonds.